The van der Waals surface area contributed by atoms with E-state index in [0.29, 0.717) is 30.5 Å². The number of nitrogens with one attached hydrogen (secondary N) is 1. The summed E-state index contributed by atoms with van der Waals surface area (Å²) in [5, 5.41) is 2.94. The maximum Gasteiger partial charge on any atom is 0.251 e. The number of carbonyl (C=O) groups excluding carboxylic acids is 1. The first-order chi connectivity index (χ1) is 13.3. The maximum absolute atomic E-state index is 13.1. The summed E-state index contributed by atoms with van der Waals surface area (Å²) in [5.41, 5.74) is 1.35. The third-order valence-corrected chi connectivity index (χ3v) is 7.04. The van der Waals surface area contributed by atoms with Crippen LogP contribution in [0.25, 0.3) is 0 Å². The first-order valence-corrected chi connectivity index (χ1v) is 11.2. The Morgan fingerprint density at radius 1 is 1.04 bits per heavy atom. The molecular weight excluding hydrogens is 372 g/mol. The Kier molecular flexibility index (Phi) is 6.20. The Bertz CT molecular complexity index is 918. The third-order valence-electron chi connectivity index (χ3n) is 5.22. The van der Waals surface area contributed by atoms with E-state index in [2.05, 4.69) is 19.2 Å². The number of hydrogen-bond donors (Lipinski definition) is 1. The lowest BCUT2D eigenvalue weighted by Gasteiger charge is -2.34. The van der Waals surface area contributed by atoms with Gasteiger partial charge in [-0.15, -0.1) is 0 Å². The van der Waals surface area contributed by atoms with Gasteiger partial charge in [0.25, 0.3) is 5.91 Å². The van der Waals surface area contributed by atoms with Gasteiger partial charge in [0.1, 0.15) is 0 Å². The number of carbonyl (C=O) groups is 1. The largest absolute Gasteiger partial charge is 0.346 e. The Morgan fingerprint density at radius 3 is 2.32 bits per heavy atom. The molecule has 0 aromatic heterocycles. The fourth-order valence-electron chi connectivity index (χ4n) is 3.85. The van der Waals surface area contributed by atoms with E-state index < -0.39 is 10.0 Å². The highest BCUT2D eigenvalue weighted by molar-refractivity contribution is 7.89. The third kappa shape index (κ3) is 4.62. The molecule has 3 rings (SSSR count). The summed E-state index contributed by atoms with van der Waals surface area (Å²) < 4.78 is 27.7. The van der Waals surface area contributed by atoms with Crippen molar-refractivity contribution in [3.63, 3.8) is 0 Å². The van der Waals surface area contributed by atoms with Gasteiger partial charge in [0.15, 0.2) is 0 Å². The van der Waals surface area contributed by atoms with Crippen molar-refractivity contribution in [1.29, 1.82) is 0 Å². The molecule has 1 aliphatic heterocycles. The van der Waals surface area contributed by atoms with Crippen LogP contribution in [0.1, 0.15) is 49.2 Å². The minimum atomic E-state index is -3.61. The summed E-state index contributed by atoms with van der Waals surface area (Å²) >= 11 is 0. The molecule has 1 N–H and O–H groups in total. The van der Waals surface area contributed by atoms with E-state index in [9.17, 15) is 13.2 Å². The molecule has 2 aromatic carbocycles. The van der Waals surface area contributed by atoms with Crippen LogP contribution in [-0.4, -0.2) is 31.7 Å². The van der Waals surface area contributed by atoms with Crippen LogP contribution in [0.5, 0.6) is 0 Å². The van der Waals surface area contributed by atoms with Gasteiger partial charge in [-0.1, -0.05) is 50.2 Å². The van der Waals surface area contributed by atoms with Gasteiger partial charge in [0, 0.05) is 18.7 Å². The van der Waals surface area contributed by atoms with E-state index in [1.807, 2.05) is 37.3 Å². The maximum atomic E-state index is 13.1. The molecule has 6 heteroatoms. The number of hydrogen-bond acceptors (Lipinski definition) is 3. The Hall–Kier alpha value is -2.18. The molecule has 0 aliphatic carbocycles. The van der Waals surface area contributed by atoms with Crippen molar-refractivity contribution < 1.29 is 13.2 Å². The van der Waals surface area contributed by atoms with Crippen LogP contribution in [0.2, 0.25) is 0 Å². The van der Waals surface area contributed by atoms with Gasteiger partial charge >= 0.3 is 0 Å². The molecule has 1 amide bonds. The number of sulfonamides is 1. The van der Waals surface area contributed by atoms with E-state index in [-0.39, 0.29) is 16.8 Å². The van der Waals surface area contributed by atoms with Crippen LogP contribution in [0.4, 0.5) is 0 Å². The number of amides is 1. The predicted octanol–water partition coefficient (Wildman–Crippen LogP) is 3.84. The van der Waals surface area contributed by atoms with Gasteiger partial charge in [0.2, 0.25) is 10.0 Å². The SMILES string of the molecule is C[C@@H]1C[C@H](C)CN(S(=O)(=O)c2cccc(C(=O)N[C@@H](C)c3ccccc3)c2)C1. The van der Waals surface area contributed by atoms with Crippen molar-refractivity contribution in [2.75, 3.05) is 13.1 Å². The minimum absolute atomic E-state index is 0.169. The van der Waals surface area contributed by atoms with Gasteiger partial charge in [-0.25, -0.2) is 8.42 Å². The average molecular weight is 401 g/mol. The molecule has 1 heterocycles. The topological polar surface area (TPSA) is 66.5 Å². The lowest BCUT2D eigenvalue weighted by molar-refractivity contribution is 0.0939. The van der Waals surface area contributed by atoms with E-state index >= 15 is 0 Å². The van der Waals surface area contributed by atoms with Crippen molar-refractivity contribution in [2.24, 2.45) is 11.8 Å². The molecule has 5 nitrogen and oxygen atoms in total. The standard InChI is InChI=1S/C22H28N2O3S/c1-16-12-17(2)15-24(14-16)28(26,27)21-11-7-10-20(13-21)22(25)23-18(3)19-8-5-4-6-9-19/h4-11,13,16-18H,12,14-15H2,1-3H3,(H,23,25)/t16-,17+,18-/m0/s1. The molecule has 1 saturated heterocycles. The van der Waals surface area contributed by atoms with Crippen LogP contribution in [0, 0.1) is 11.8 Å². The molecule has 1 fully saturated rings. The van der Waals surface area contributed by atoms with Gasteiger partial charge in [-0.2, -0.15) is 4.31 Å². The normalized spacial score (nSPS) is 21.8. The lowest BCUT2D eigenvalue weighted by Crippen LogP contribution is -2.42. The summed E-state index contributed by atoms with van der Waals surface area (Å²) in [6.07, 6.45) is 1.03. The number of piperidine rings is 1. The molecule has 150 valence electrons. The van der Waals surface area contributed by atoms with Gasteiger partial charge in [0.05, 0.1) is 10.9 Å². The summed E-state index contributed by atoms with van der Waals surface area (Å²) in [5.74, 6) is 0.377. The second-order valence-corrected chi connectivity index (χ2v) is 9.84. The summed E-state index contributed by atoms with van der Waals surface area (Å²) in [4.78, 5) is 12.8. The first-order valence-electron chi connectivity index (χ1n) is 9.73. The molecule has 28 heavy (non-hydrogen) atoms. The smallest absolute Gasteiger partial charge is 0.251 e. The van der Waals surface area contributed by atoms with E-state index in [1.165, 1.54) is 6.07 Å². The molecule has 0 spiro atoms. The van der Waals surface area contributed by atoms with Gasteiger partial charge in [-0.3, -0.25) is 4.79 Å². The number of benzene rings is 2. The van der Waals surface area contributed by atoms with E-state index in [1.54, 1.807) is 22.5 Å². The number of rotatable bonds is 5. The highest BCUT2D eigenvalue weighted by atomic mass is 32.2. The average Bonchev–Trinajstić information content (AvgIpc) is 2.68. The fraction of sp³-hybridized carbons (Fsp3) is 0.409. The van der Waals surface area contributed by atoms with Crippen molar-refractivity contribution in [1.82, 2.24) is 9.62 Å². The second-order valence-electron chi connectivity index (χ2n) is 7.90. The Balaban J connectivity index is 1.78. The summed E-state index contributed by atoms with van der Waals surface area (Å²) in [7, 11) is -3.61. The second kappa shape index (κ2) is 8.45. The van der Waals surface area contributed by atoms with Gasteiger partial charge in [-0.05, 0) is 48.9 Å². The van der Waals surface area contributed by atoms with Crippen LogP contribution < -0.4 is 5.32 Å². The van der Waals surface area contributed by atoms with Gasteiger partial charge < -0.3 is 5.32 Å². The van der Waals surface area contributed by atoms with Crippen LogP contribution in [-0.2, 0) is 10.0 Å². The summed E-state index contributed by atoms with van der Waals surface area (Å²) in [6, 6.07) is 15.8. The Morgan fingerprint density at radius 2 is 1.68 bits per heavy atom. The molecule has 0 radical (unpaired) electrons. The zero-order valence-corrected chi connectivity index (χ0v) is 17.4. The zero-order chi connectivity index (χ0) is 20.3. The van der Waals surface area contributed by atoms with Crippen molar-refractivity contribution >= 4 is 15.9 Å². The molecule has 0 saturated carbocycles. The summed E-state index contributed by atoms with van der Waals surface area (Å²) in [6.45, 7) is 7.10. The lowest BCUT2D eigenvalue weighted by atomic mass is 9.94. The van der Waals surface area contributed by atoms with Crippen LogP contribution >= 0.6 is 0 Å². The van der Waals surface area contributed by atoms with Crippen molar-refractivity contribution in [3.05, 3.63) is 65.7 Å². The molecule has 3 atom stereocenters. The quantitative estimate of drug-likeness (QED) is 0.829. The molecule has 1 aliphatic rings. The Labute approximate surface area is 167 Å². The number of nitrogens with zero attached hydrogens (tertiary/aromatic N) is 1. The van der Waals surface area contributed by atoms with E-state index in [4.69, 9.17) is 0 Å². The molecule has 0 unspecified atom stereocenters. The highest BCUT2D eigenvalue weighted by Crippen LogP contribution is 2.27. The molecule has 0 bridgehead atoms. The highest BCUT2D eigenvalue weighted by Gasteiger charge is 2.32. The fourth-order valence-corrected chi connectivity index (χ4v) is 5.58. The first kappa shape index (κ1) is 20.6. The monoisotopic (exact) mass is 400 g/mol. The van der Waals surface area contributed by atoms with Crippen molar-refractivity contribution in [3.8, 4) is 0 Å². The minimum Gasteiger partial charge on any atom is -0.346 e. The molecular formula is C22H28N2O3S. The predicted molar refractivity (Wildman–Crippen MR) is 110 cm³/mol. The van der Waals surface area contributed by atoms with Crippen LogP contribution in [0.15, 0.2) is 59.5 Å². The zero-order valence-electron chi connectivity index (χ0n) is 16.6. The van der Waals surface area contributed by atoms with Crippen LogP contribution in [0.3, 0.4) is 0 Å². The molecule has 2 aromatic rings. The van der Waals surface area contributed by atoms with E-state index in [0.717, 1.165) is 12.0 Å². The van der Waals surface area contributed by atoms with Crippen molar-refractivity contribution in [2.45, 2.75) is 38.1 Å².